The van der Waals surface area contributed by atoms with Gasteiger partial charge in [0.15, 0.2) is 11.5 Å². The second-order valence-electron chi connectivity index (χ2n) is 8.15. The fourth-order valence-electron chi connectivity index (χ4n) is 1.95. The van der Waals surface area contributed by atoms with Gasteiger partial charge in [-0.05, 0) is 71.6 Å². The smallest absolute Gasteiger partial charge is 0.428 e. The van der Waals surface area contributed by atoms with Crippen LogP contribution >= 0.6 is 0 Å². The van der Waals surface area contributed by atoms with Crippen LogP contribution in [-0.2, 0) is 9.47 Å². The first-order valence-corrected chi connectivity index (χ1v) is 8.76. The highest BCUT2D eigenvalue weighted by molar-refractivity contribution is 5.69. The van der Waals surface area contributed by atoms with Crippen LogP contribution in [0.3, 0.4) is 0 Å². The molecule has 6 heteroatoms. The average Bonchev–Trinajstić information content (AvgIpc) is 2.44. The molecule has 0 saturated carbocycles. The summed E-state index contributed by atoms with van der Waals surface area (Å²) < 4.78 is 20.8. The van der Waals surface area contributed by atoms with Crippen molar-refractivity contribution in [2.24, 2.45) is 0 Å². The van der Waals surface area contributed by atoms with Crippen molar-refractivity contribution >= 4 is 12.3 Å². The van der Waals surface area contributed by atoms with Gasteiger partial charge in [0, 0.05) is 0 Å². The number of benzene rings is 1. The monoisotopic (exact) mass is 366 g/mol. The maximum atomic E-state index is 12.0. The van der Waals surface area contributed by atoms with Gasteiger partial charge in [0.05, 0.1) is 0 Å². The first-order valence-electron chi connectivity index (χ1n) is 8.76. The number of hydrogen-bond acceptors (Lipinski definition) is 6. The Kier molecular flexibility index (Phi) is 7.07. The molecule has 1 aromatic carbocycles. The molecule has 0 saturated heterocycles. The van der Waals surface area contributed by atoms with Gasteiger partial charge in [-0.2, -0.15) is 0 Å². The molecule has 146 valence electrons. The number of rotatable bonds is 4. The lowest BCUT2D eigenvalue weighted by Crippen LogP contribution is -2.27. The maximum absolute atomic E-state index is 12.0. The Balaban J connectivity index is 3.08. The van der Waals surface area contributed by atoms with Gasteiger partial charge < -0.3 is 18.9 Å². The first kappa shape index (κ1) is 21.8. The van der Waals surface area contributed by atoms with Crippen LogP contribution in [0.4, 0.5) is 9.59 Å². The number of carbonyl (C=O) groups excluding carboxylic acids is 2. The Morgan fingerprint density at radius 3 is 1.77 bits per heavy atom. The molecule has 0 spiro atoms. The molecule has 0 bridgehead atoms. The molecule has 0 heterocycles. The third-order valence-electron chi connectivity index (χ3n) is 3.31. The van der Waals surface area contributed by atoms with Crippen LogP contribution in [0.1, 0.15) is 73.3 Å². The lowest BCUT2D eigenvalue weighted by Gasteiger charge is -2.21. The van der Waals surface area contributed by atoms with Gasteiger partial charge in [0.1, 0.15) is 11.2 Å². The Bertz CT molecular complexity index is 637. The second kappa shape index (κ2) is 8.43. The van der Waals surface area contributed by atoms with Crippen LogP contribution in [0, 0.1) is 0 Å². The van der Waals surface area contributed by atoms with Crippen molar-refractivity contribution in [1.29, 1.82) is 0 Å². The highest BCUT2D eigenvalue weighted by atomic mass is 16.8. The summed E-state index contributed by atoms with van der Waals surface area (Å²) >= 11 is 0. The van der Waals surface area contributed by atoms with Crippen molar-refractivity contribution < 1.29 is 28.5 Å². The molecular weight excluding hydrogens is 336 g/mol. The molecule has 0 aliphatic rings. The van der Waals surface area contributed by atoms with E-state index < -0.39 is 23.5 Å². The van der Waals surface area contributed by atoms with E-state index in [1.54, 1.807) is 53.7 Å². The normalized spacial score (nSPS) is 12.9. The molecule has 0 fully saturated rings. The van der Waals surface area contributed by atoms with E-state index in [2.05, 4.69) is 13.8 Å². The molecule has 0 amide bonds. The molecule has 0 aromatic heterocycles. The van der Waals surface area contributed by atoms with Crippen LogP contribution in [-0.4, -0.2) is 23.5 Å². The fraction of sp³-hybridized carbons (Fsp3) is 0.600. The van der Waals surface area contributed by atoms with Gasteiger partial charge >= 0.3 is 12.3 Å². The van der Waals surface area contributed by atoms with E-state index >= 15 is 0 Å². The minimum Gasteiger partial charge on any atom is -0.428 e. The maximum Gasteiger partial charge on any atom is 0.514 e. The molecule has 1 rings (SSSR count). The van der Waals surface area contributed by atoms with Gasteiger partial charge in [0.2, 0.25) is 0 Å². The van der Waals surface area contributed by atoms with Crippen LogP contribution in [0.5, 0.6) is 11.5 Å². The van der Waals surface area contributed by atoms with Gasteiger partial charge in [-0.3, -0.25) is 0 Å². The lowest BCUT2D eigenvalue weighted by molar-refractivity contribution is 0.0137. The van der Waals surface area contributed by atoms with E-state index in [9.17, 15) is 9.59 Å². The SMILES string of the molecule is CCC(C)c1ccc(OC(=O)OC(C)(C)C)c(OC(=O)OC(C)(C)C)c1. The standard InChI is InChI=1S/C20H30O6/c1-9-13(2)14-10-11-15(23-17(21)25-19(3,4)5)16(12-14)24-18(22)26-20(6,7)8/h10-13H,9H2,1-8H3. The molecule has 0 N–H and O–H groups in total. The summed E-state index contributed by atoms with van der Waals surface area (Å²) in [7, 11) is 0. The Hall–Kier alpha value is -2.24. The van der Waals surface area contributed by atoms with Crippen molar-refractivity contribution in [2.45, 2.75) is 78.9 Å². The topological polar surface area (TPSA) is 71.1 Å². The molecule has 0 radical (unpaired) electrons. The van der Waals surface area contributed by atoms with Crippen LogP contribution in [0.25, 0.3) is 0 Å². The molecule has 1 aromatic rings. The highest BCUT2D eigenvalue weighted by Gasteiger charge is 2.23. The molecule has 6 nitrogen and oxygen atoms in total. The summed E-state index contributed by atoms with van der Waals surface area (Å²) in [5.41, 5.74) is -0.431. The summed E-state index contributed by atoms with van der Waals surface area (Å²) in [5, 5.41) is 0. The van der Waals surface area contributed by atoms with Gasteiger partial charge in [0.25, 0.3) is 0 Å². The fourth-order valence-corrected chi connectivity index (χ4v) is 1.95. The minimum absolute atomic E-state index is 0.0946. The predicted molar refractivity (Wildman–Crippen MR) is 98.9 cm³/mol. The van der Waals surface area contributed by atoms with Crippen molar-refractivity contribution in [3.8, 4) is 11.5 Å². The van der Waals surface area contributed by atoms with E-state index in [1.807, 2.05) is 6.07 Å². The van der Waals surface area contributed by atoms with E-state index in [-0.39, 0.29) is 17.4 Å². The highest BCUT2D eigenvalue weighted by Crippen LogP contribution is 2.33. The summed E-state index contributed by atoms with van der Waals surface area (Å²) in [6, 6.07) is 5.10. The number of hydrogen-bond donors (Lipinski definition) is 0. The minimum atomic E-state index is -0.872. The zero-order chi connectivity index (χ0) is 20.1. The van der Waals surface area contributed by atoms with Crippen LogP contribution < -0.4 is 9.47 Å². The largest absolute Gasteiger partial charge is 0.514 e. The molecule has 1 unspecified atom stereocenters. The van der Waals surface area contributed by atoms with Crippen LogP contribution in [0.15, 0.2) is 18.2 Å². The van der Waals surface area contributed by atoms with E-state index in [0.717, 1.165) is 12.0 Å². The Morgan fingerprint density at radius 1 is 0.885 bits per heavy atom. The number of ether oxygens (including phenoxy) is 4. The van der Waals surface area contributed by atoms with Crippen molar-refractivity contribution in [2.75, 3.05) is 0 Å². The predicted octanol–water partition coefficient (Wildman–Crippen LogP) is 5.83. The molecule has 0 aliphatic heterocycles. The molecule has 0 aliphatic carbocycles. The van der Waals surface area contributed by atoms with Gasteiger partial charge in [-0.25, -0.2) is 9.59 Å². The summed E-state index contributed by atoms with van der Waals surface area (Å²) in [4.78, 5) is 24.0. The Labute approximate surface area is 155 Å². The van der Waals surface area contributed by atoms with Crippen molar-refractivity contribution in [1.82, 2.24) is 0 Å². The first-order chi connectivity index (χ1) is 11.8. The van der Waals surface area contributed by atoms with Crippen LogP contribution in [0.2, 0.25) is 0 Å². The average molecular weight is 366 g/mol. The molecule has 1 atom stereocenters. The lowest BCUT2D eigenvalue weighted by atomic mass is 9.98. The molecule has 26 heavy (non-hydrogen) atoms. The van der Waals surface area contributed by atoms with E-state index in [0.29, 0.717) is 0 Å². The van der Waals surface area contributed by atoms with Gasteiger partial charge in [-0.15, -0.1) is 0 Å². The third kappa shape index (κ3) is 7.76. The third-order valence-corrected chi connectivity index (χ3v) is 3.31. The summed E-state index contributed by atoms with van der Waals surface area (Å²) in [6.07, 6.45) is -0.825. The summed E-state index contributed by atoms with van der Waals surface area (Å²) in [5.74, 6) is 0.464. The van der Waals surface area contributed by atoms with E-state index in [4.69, 9.17) is 18.9 Å². The van der Waals surface area contributed by atoms with E-state index in [1.165, 1.54) is 0 Å². The van der Waals surface area contributed by atoms with Gasteiger partial charge in [-0.1, -0.05) is 19.9 Å². The quantitative estimate of drug-likeness (QED) is 0.493. The van der Waals surface area contributed by atoms with Crippen molar-refractivity contribution in [3.63, 3.8) is 0 Å². The zero-order valence-electron chi connectivity index (χ0n) is 17.0. The number of carbonyl (C=O) groups is 2. The Morgan fingerprint density at radius 2 is 1.35 bits per heavy atom. The molecular formula is C20H30O6. The zero-order valence-corrected chi connectivity index (χ0v) is 17.0. The summed E-state index contributed by atoms with van der Waals surface area (Å²) in [6.45, 7) is 14.5. The second-order valence-corrected chi connectivity index (χ2v) is 8.15. The van der Waals surface area contributed by atoms with Crippen molar-refractivity contribution in [3.05, 3.63) is 23.8 Å².